The molecule has 4 nitrogen and oxygen atoms in total. The van der Waals surface area contributed by atoms with Gasteiger partial charge in [-0.25, -0.2) is 0 Å². The van der Waals surface area contributed by atoms with E-state index >= 15 is 0 Å². The molecular weight excluding hydrogens is 178 g/mol. The van der Waals surface area contributed by atoms with Gasteiger partial charge in [-0.1, -0.05) is 12.2 Å². The highest BCUT2D eigenvalue weighted by atomic mass is 32.2. The van der Waals surface area contributed by atoms with Crippen LogP contribution < -0.4 is 5.73 Å². The number of nitrogens with two attached hydrogens (primary N) is 1. The summed E-state index contributed by atoms with van der Waals surface area (Å²) in [5, 5.41) is 0. The second kappa shape index (κ2) is 2.69. The van der Waals surface area contributed by atoms with Crippen LogP contribution in [0.1, 0.15) is 13.3 Å². The molecule has 3 N–H and O–H groups in total. The summed E-state index contributed by atoms with van der Waals surface area (Å²) >= 11 is 0. The maximum Gasteiger partial charge on any atom is 0.291 e. The van der Waals surface area contributed by atoms with Gasteiger partial charge in [-0.15, -0.1) is 0 Å². The van der Waals surface area contributed by atoms with Crippen molar-refractivity contribution in [2.24, 2.45) is 5.73 Å². The van der Waals surface area contributed by atoms with Gasteiger partial charge in [-0.2, -0.15) is 8.42 Å². The second-order valence-electron chi connectivity index (χ2n) is 2.79. The lowest BCUT2D eigenvalue weighted by molar-refractivity contribution is 0.458. The minimum Gasteiger partial charge on any atom is -0.304 e. The average Bonchev–Trinajstić information content (AvgIpc) is 1.93. The monoisotopic (exact) mass is 189 g/mol. The first-order chi connectivity index (χ1) is 5.38. The summed E-state index contributed by atoms with van der Waals surface area (Å²) in [7, 11) is -4.25. The van der Waals surface area contributed by atoms with Gasteiger partial charge in [-0.05, 0) is 25.0 Å². The van der Waals surface area contributed by atoms with Gasteiger partial charge in [-0.3, -0.25) is 4.55 Å². The molecule has 1 atom stereocenters. The smallest absolute Gasteiger partial charge is 0.291 e. The molecule has 5 heteroatoms. The number of hydrogen-bond acceptors (Lipinski definition) is 3. The fraction of sp³-hybridized carbons (Fsp3) is 0.429. The Bertz CT molecular complexity index is 342. The van der Waals surface area contributed by atoms with Crippen molar-refractivity contribution in [3.05, 3.63) is 23.8 Å². The molecule has 68 valence electrons. The first-order valence-corrected chi connectivity index (χ1v) is 4.93. The summed E-state index contributed by atoms with van der Waals surface area (Å²) in [6.07, 6.45) is 5.24. The van der Waals surface area contributed by atoms with Crippen molar-refractivity contribution in [1.29, 1.82) is 0 Å². The lowest BCUT2D eigenvalue weighted by Crippen LogP contribution is -2.47. The van der Waals surface area contributed by atoms with E-state index in [1.165, 1.54) is 6.08 Å². The Morgan fingerprint density at radius 1 is 1.67 bits per heavy atom. The van der Waals surface area contributed by atoms with Crippen LogP contribution >= 0.6 is 0 Å². The summed E-state index contributed by atoms with van der Waals surface area (Å²) < 4.78 is 30.5. The summed E-state index contributed by atoms with van der Waals surface area (Å²) in [6.45, 7) is 1.58. The maximum absolute atomic E-state index is 10.9. The first-order valence-electron chi connectivity index (χ1n) is 3.49. The quantitative estimate of drug-likeness (QED) is 0.463. The minimum absolute atomic E-state index is 0.451. The molecule has 0 radical (unpaired) electrons. The van der Waals surface area contributed by atoms with Crippen molar-refractivity contribution < 1.29 is 13.0 Å². The van der Waals surface area contributed by atoms with Crippen LogP contribution in [-0.2, 0) is 10.1 Å². The van der Waals surface area contributed by atoms with Crippen LogP contribution in [-0.4, -0.2) is 17.8 Å². The highest BCUT2D eigenvalue weighted by Crippen LogP contribution is 2.25. The Kier molecular flexibility index (Phi) is 2.11. The molecule has 0 amide bonds. The Labute approximate surface area is 71.5 Å². The molecule has 0 saturated carbocycles. The molecule has 0 fully saturated rings. The standard InChI is InChI=1S/C7H11NO3S/c1-6-4-2-3-5-7(6,8)12(9,10)11/h3-5H,2,8H2,1H3,(H,9,10,11). The van der Waals surface area contributed by atoms with Crippen molar-refractivity contribution >= 4 is 10.1 Å². The fourth-order valence-electron chi connectivity index (χ4n) is 1.07. The van der Waals surface area contributed by atoms with Crippen LogP contribution in [0.3, 0.4) is 0 Å². The highest BCUT2D eigenvalue weighted by molar-refractivity contribution is 7.87. The topological polar surface area (TPSA) is 80.4 Å². The lowest BCUT2D eigenvalue weighted by atomic mass is 10.0. The third-order valence-electron chi connectivity index (χ3n) is 1.97. The third kappa shape index (κ3) is 1.31. The SMILES string of the molecule is CC1=CCC=CC1(N)S(=O)(=O)O. The Balaban J connectivity index is 3.23. The van der Waals surface area contributed by atoms with E-state index in [1.807, 2.05) is 0 Å². The first kappa shape index (κ1) is 9.44. The van der Waals surface area contributed by atoms with Crippen LogP contribution in [0.5, 0.6) is 0 Å². The normalized spacial score (nSPS) is 30.1. The highest BCUT2D eigenvalue weighted by Gasteiger charge is 2.38. The Morgan fingerprint density at radius 3 is 2.58 bits per heavy atom. The lowest BCUT2D eigenvalue weighted by Gasteiger charge is -2.25. The minimum atomic E-state index is -4.25. The molecule has 0 bridgehead atoms. The second-order valence-corrected chi connectivity index (χ2v) is 4.42. The van der Waals surface area contributed by atoms with Crippen LogP contribution in [0, 0.1) is 0 Å². The zero-order valence-corrected chi connectivity index (χ0v) is 7.50. The molecule has 0 heterocycles. The number of rotatable bonds is 1. The number of hydrogen-bond donors (Lipinski definition) is 2. The van der Waals surface area contributed by atoms with Crippen LogP contribution in [0.15, 0.2) is 23.8 Å². The van der Waals surface area contributed by atoms with Crippen molar-refractivity contribution in [2.45, 2.75) is 18.2 Å². The van der Waals surface area contributed by atoms with E-state index in [9.17, 15) is 8.42 Å². The van der Waals surface area contributed by atoms with Crippen LogP contribution in [0.4, 0.5) is 0 Å². The summed E-state index contributed by atoms with van der Waals surface area (Å²) in [5.74, 6) is 0. The molecule has 0 aromatic heterocycles. The summed E-state index contributed by atoms with van der Waals surface area (Å²) in [4.78, 5) is -1.72. The molecule has 1 unspecified atom stereocenters. The van der Waals surface area contributed by atoms with E-state index in [2.05, 4.69) is 0 Å². The molecule has 0 saturated heterocycles. The Morgan fingerprint density at radius 2 is 2.25 bits per heavy atom. The number of allylic oxidation sites excluding steroid dienone is 2. The van der Waals surface area contributed by atoms with Gasteiger partial charge < -0.3 is 5.73 Å². The molecule has 12 heavy (non-hydrogen) atoms. The molecule has 1 aliphatic rings. The van der Waals surface area contributed by atoms with Gasteiger partial charge >= 0.3 is 0 Å². The molecule has 0 spiro atoms. The van der Waals surface area contributed by atoms with E-state index in [0.717, 1.165) is 0 Å². The van der Waals surface area contributed by atoms with Gasteiger partial charge in [0.05, 0.1) is 0 Å². The predicted molar refractivity (Wildman–Crippen MR) is 46.0 cm³/mol. The van der Waals surface area contributed by atoms with Crippen LogP contribution in [0.25, 0.3) is 0 Å². The summed E-state index contributed by atoms with van der Waals surface area (Å²) in [6, 6.07) is 0. The molecule has 0 aliphatic heterocycles. The van der Waals surface area contributed by atoms with Crippen molar-refractivity contribution in [3.63, 3.8) is 0 Å². The van der Waals surface area contributed by atoms with Gasteiger partial charge in [0.15, 0.2) is 4.87 Å². The van der Waals surface area contributed by atoms with Crippen molar-refractivity contribution in [2.75, 3.05) is 0 Å². The molecule has 0 aromatic carbocycles. The molecule has 1 aliphatic carbocycles. The molecule has 1 rings (SSSR count). The van der Waals surface area contributed by atoms with Gasteiger partial charge in [0.1, 0.15) is 0 Å². The fourth-order valence-corrected chi connectivity index (χ4v) is 1.83. The van der Waals surface area contributed by atoms with Gasteiger partial charge in [0, 0.05) is 0 Å². The average molecular weight is 189 g/mol. The summed E-state index contributed by atoms with van der Waals surface area (Å²) in [5.41, 5.74) is 5.94. The Hall–Kier alpha value is -0.650. The van der Waals surface area contributed by atoms with E-state index in [1.54, 1.807) is 19.1 Å². The largest absolute Gasteiger partial charge is 0.304 e. The van der Waals surface area contributed by atoms with E-state index in [0.29, 0.717) is 12.0 Å². The zero-order valence-electron chi connectivity index (χ0n) is 6.69. The van der Waals surface area contributed by atoms with Crippen molar-refractivity contribution in [3.8, 4) is 0 Å². The van der Waals surface area contributed by atoms with Gasteiger partial charge in [0.2, 0.25) is 0 Å². The molecular formula is C7H11NO3S. The van der Waals surface area contributed by atoms with Crippen LogP contribution in [0.2, 0.25) is 0 Å². The van der Waals surface area contributed by atoms with E-state index in [-0.39, 0.29) is 0 Å². The van der Waals surface area contributed by atoms with E-state index in [4.69, 9.17) is 10.3 Å². The predicted octanol–water partition coefficient (Wildman–Crippen LogP) is 0.435. The maximum atomic E-state index is 10.9. The van der Waals surface area contributed by atoms with Gasteiger partial charge in [0.25, 0.3) is 10.1 Å². The zero-order chi connectivity index (χ0) is 9.41. The van der Waals surface area contributed by atoms with Crippen molar-refractivity contribution in [1.82, 2.24) is 0 Å². The van der Waals surface area contributed by atoms with E-state index < -0.39 is 15.0 Å². The molecule has 0 aromatic rings. The third-order valence-corrected chi connectivity index (χ3v) is 3.28.